The molecule has 3 aromatic rings. The van der Waals surface area contributed by atoms with Crippen LogP contribution in [-0.4, -0.2) is 49.9 Å². The van der Waals surface area contributed by atoms with E-state index in [1.54, 1.807) is 29.3 Å². The highest BCUT2D eigenvalue weighted by Gasteiger charge is 2.41. The molecular weight excluding hydrogens is 366 g/mol. The lowest BCUT2D eigenvalue weighted by molar-refractivity contribution is 0.527. The topological polar surface area (TPSA) is 79.4 Å². The molecule has 0 unspecified atom stereocenters. The van der Waals surface area contributed by atoms with Gasteiger partial charge in [0.05, 0.1) is 18.5 Å². The van der Waals surface area contributed by atoms with Crippen LogP contribution in [0.15, 0.2) is 43.0 Å². The van der Waals surface area contributed by atoms with Gasteiger partial charge in [-0.25, -0.2) is 14.8 Å². The summed E-state index contributed by atoms with van der Waals surface area (Å²) in [5, 5.41) is 7.37. The number of piperazine rings is 1. The summed E-state index contributed by atoms with van der Waals surface area (Å²) in [6.45, 7) is 9.02. The zero-order valence-corrected chi connectivity index (χ0v) is 16.1. The summed E-state index contributed by atoms with van der Waals surface area (Å²) >= 11 is 0. The summed E-state index contributed by atoms with van der Waals surface area (Å²) < 4.78 is 1.74. The summed E-state index contributed by atoms with van der Waals surface area (Å²) in [7, 11) is 1.88. The molecule has 2 aliphatic heterocycles. The van der Waals surface area contributed by atoms with Crippen molar-refractivity contribution in [2.24, 2.45) is 7.05 Å². The molecule has 2 saturated heterocycles. The molecule has 0 amide bonds. The Bertz CT molecular complexity index is 1060. The lowest BCUT2D eigenvalue weighted by Gasteiger charge is -2.42. The van der Waals surface area contributed by atoms with E-state index in [9.17, 15) is 0 Å². The first kappa shape index (κ1) is 17.4. The molecule has 0 aliphatic carbocycles. The van der Waals surface area contributed by atoms with E-state index >= 15 is 0 Å². The van der Waals surface area contributed by atoms with Crippen LogP contribution in [0.25, 0.3) is 4.85 Å². The minimum atomic E-state index is 0.368. The smallest absolute Gasteiger partial charge is 0.229 e. The number of aromatic nitrogens is 5. The van der Waals surface area contributed by atoms with E-state index in [4.69, 9.17) is 11.6 Å². The molecule has 0 aromatic carbocycles. The van der Waals surface area contributed by atoms with E-state index in [0.29, 0.717) is 23.7 Å². The van der Waals surface area contributed by atoms with E-state index in [0.717, 1.165) is 43.3 Å². The number of fused-ring (bicyclic) bond motifs is 2. The molecule has 0 radical (unpaired) electrons. The maximum absolute atomic E-state index is 7.26. The van der Waals surface area contributed by atoms with Crippen LogP contribution in [0.4, 0.5) is 29.0 Å². The first-order valence-electron chi connectivity index (χ1n) is 9.65. The first-order chi connectivity index (χ1) is 14.2. The van der Waals surface area contributed by atoms with Crippen molar-refractivity contribution in [3.05, 3.63) is 54.4 Å². The van der Waals surface area contributed by atoms with Crippen molar-refractivity contribution in [3.8, 4) is 0 Å². The predicted octanol–water partition coefficient (Wildman–Crippen LogP) is 2.76. The number of nitrogens with one attached hydrogen (secondary N) is 1. The first-order valence-corrected chi connectivity index (χ1v) is 9.65. The highest BCUT2D eigenvalue weighted by molar-refractivity contribution is 5.58. The summed E-state index contributed by atoms with van der Waals surface area (Å²) in [5.41, 5.74) is 1.50. The second-order valence-corrected chi connectivity index (χ2v) is 7.45. The van der Waals surface area contributed by atoms with Gasteiger partial charge in [0.25, 0.3) is 0 Å². The van der Waals surface area contributed by atoms with Crippen LogP contribution in [-0.2, 0) is 7.05 Å². The van der Waals surface area contributed by atoms with E-state index in [2.05, 4.69) is 35.0 Å². The fraction of sp³-hybridized carbons (Fsp3) is 0.350. The van der Waals surface area contributed by atoms with Crippen molar-refractivity contribution < 1.29 is 0 Å². The van der Waals surface area contributed by atoms with Crippen molar-refractivity contribution in [3.63, 3.8) is 0 Å². The van der Waals surface area contributed by atoms with Gasteiger partial charge in [0.1, 0.15) is 11.6 Å². The third-order valence-corrected chi connectivity index (χ3v) is 5.53. The number of anilines is 4. The number of hydrogen-bond acceptors (Lipinski definition) is 7. The molecule has 2 atom stereocenters. The Hall–Kier alpha value is -3.67. The third-order valence-electron chi connectivity index (χ3n) is 5.53. The SMILES string of the molecule is [C-]#[N+]c1ccnc(N2[C@@H]3CC[C@H]2CN(c2ccnc(Nc4cnn(C)c4)n2)C3)c1. The molecule has 2 aliphatic rings. The van der Waals surface area contributed by atoms with Crippen molar-refractivity contribution in [1.29, 1.82) is 0 Å². The van der Waals surface area contributed by atoms with Gasteiger partial charge in [-0.15, -0.1) is 0 Å². The number of pyridine rings is 1. The van der Waals surface area contributed by atoms with E-state index in [1.807, 2.05) is 25.4 Å². The molecule has 5 rings (SSSR count). The zero-order valence-electron chi connectivity index (χ0n) is 16.1. The largest absolute Gasteiger partial charge is 0.352 e. The molecule has 146 valence electrons. The maximum Gasteiger partial charge on any atom is 0.229 e. The van der Waals surface area contributed by atoms with Crippen molar-refractivity contribution in [1.82, 2.24) is 24.7 Å². The molecule has 9 nitrogen and oxygen atoms in total. The highest BCUT2D eigenvalue weighted by Crippen LogP contribution is 2.36. The number of rotatable bonds is 4. The standard InChI is InChI=1S/C20H21N9/c1-21-14-5-7-22-19(9-14)29-16-3-4-17(29)13-28(12-16)18-6-8-23-20(26-18)25-15-10-24-27(2)11-15/h5-11,16-17H,3-4,12-13H2,2H3,(H,23,25,26)/t16-,17+. The van der Waals surface area contributed by atoms with Gasteiger partial charge in [-0.2, -0.15) is 10.1 Å². The van der Waals surface area contributed by atoms with Crippen molar-refractivity contribution in [2.75, 3.05) is 28.2 Å². The Morgan fingerprint density at radius 2 is 1.90 bits per heavy atom. The van der Waals surface area contributed by atoms with Gasteiger partial charge in [0.15, 0.2) is 5.69 Å². The molecule has 29 heavy (non-hydrogen) atoms. The fourth-order valence-electron chi connectivity index (χ4n) is 4.28. The minimum absolute atomic E-state index is 0.368. The summed E-state index contributed by atoms with van der Waals surface area (Å²) in [5.74, 6) is 2.40. The number of nitrogens with zero attached hydrogens (tertiary/aromatic N) is 8. The Morgan fingerprint density at radius 1 is 1.10 bits per heavy atom. The summed E-state index contributed by atoms with van der Waals surface area (Å²) in [6, 6.07) is 6.35. The van der Waals surface area contributed by atoms with Crippen molar-refractivity contribution >= 4 is 29.0 Å². The average Bonchev–Trinajstić information content (AvgIpc) is 3.27. The Morgan fingerprint density at radius 3 is 2.62 bits per heavy atom. The van der Waals surface area contributed by atoms with E-state index < -0.39 is 0 Å². The van der Waals surface area contributed by atoms with Gasteiger partial charge in [-0.3, -0.25) is 4.68 Å². The van der Waals surface area contributed by atoms with Crippen LogP contribution in [0.3, 0.4) is 0 Å². The lowest BCUT2D eigenvalue weighted by atomic mass is 10.2. The fourth-order valence-corrected chi connectivity index (χ4v) is 4.28. The number of hydrogen-bond donors (Lipinski definition) is 1. The van der Waals surface area contributed by atoms with Gasteiger partial charge in [0, 0.05) is 50.8 Å². The van der Waals surface area contributed by atoms with Crippen LogP contribution < -0.4 is 15.1 Å². The van der Waals surface area contributed by atoms with Crippen LogP contribution in [0.1, 0.15) is 12.8 Å². The number of aryl methyl sites for hydroxylation is 1. The molecule has 1 N–H and O–H groups in total. The highest BCUT2D eigenvalue weighted by atomic mass is 15.4. The van der Waals surface area contributed by atoms with Crippen LogP contribution in [0.5, 0.6) is 0 Å². The van der Waals surface area contributed by atoms with Gasteiger partial charge >= 0.3 is 0 Å². The Kier molecular flexibility index (Phi) is 4.24. The average molecular weight is 387 g/mol. The molecule has 0 spiro atoms. The third kappa shape index (κ3) is 3.33. The molecule has 3 aromatic heterocycles. The minimum Gasteiger partial charge on any atom is -0.352 e. The quantitative estimate of drug-likeness (QED) is 0.690. The van der Waals surface area contributed by atoms with Gasteiger partial charge in [-0.1, -0.05) is 0 Å². The lowest BCUT2D eigenvalue weighted by Crippen LogP contribution is -2.54. The molecule has 0 saturated carbocycles. The normalized spacial score (nSPS) is 20.6. The Labute approximate surface area is 168 Å². The second-order valence-electron chi connectivity index (χ2n) is 7.45. The van der Waals surface area contributed by atoms with Gasteiger partial charge < -0.3 is 15.1 Å². The van der Waals surface area contributed by atoms with Gasteiger partial charge in [-0.05, 0) is 31.0 Å². The summed E-state index contributed by atoms with van der Waals surface area (Å²) in [4.78, 5) is 21.9. The zero-order chi connectivity index (χ0) is 19.8. The second kappa shape index (κ2) is 7.05. The van der Waals surface area contributed by atoms with E-state index in [-0.39, 0.29) is 0 Å². The maximum atomic E-state index is 7.26. The molecule has 2 fully saturated rings. The summed E-state index contributed by atoms with van der Waals surface area (Å²) in [6.07, 6.45) is 9.40. The van der Waals surface area contributed by atoms with Crippen LogP contribution in [0.2, 0.25) is 0 Å². The monoisotopic (exact) mass is 387 g/mol. The van der Waals surface area contributed by atoms with E-state index in [1.165, 1.54) is 0 Å². The van der Waals surface area contributed by atoms with Gasteiger partial charge in [0.2, 0.25) is 5.95 Å². The molecule has 2 bridgehead atoms. The molecule has 5 heterocycles. The predicted molar refractivity (Wildman–Crippen MR) is 111 cm³/mol. The van der Waals surface area contributed by atoms with Crippen LogP contribution in [0, 0.1) is 6.57 Å². The Balaban J connectivity index is 1.34. The molecule has 9 heteroatoms. The van der Waals surface area contributed by atoms with Crippen molar-refractivity contribution in [2.45, 2.75) is 24.9 Å². The molecular formula is C20H21N9. The van der Waals surface area contributed by atoms with Crippen LogP contribution >= 0.6 is 0 Å².